The lowest BCUT2D eigenvalue weighted by Crippen LogP contribution is -2.04. The average molecular weight is 318 g/mol. The van der Waals surface area contributed by atoms with E-state index in [-0.39, 0.29) is 31.3 Å². The van der Waals surface area contributed by atoms with Crippen molar-refractivity contribution in [3.8, 4) is 11.5 Å². The van der Waals surface area contributed by atoms with Crippen molar-refractivity contribution in [3.05, 3.63) is 29.8 Å². The summed E-state index contributed by atoms with van der Waals surface area (Å²) in [6, 6.07) is 4.65. The summed E-state index contributed by atoms with van der Waals surface area (Å²) < 4.78 is 51.0. The molecule has 0 spiro atoms. The number of alkyl halides is 3. The third-order valence-electron chi connectivity index (χ3n) is 2.37. The summed E-state index contributed by atoms with van der Waals surface area (Å²) in [5.41, 5.74) is 0.568. The molecule has 4 nitrogen and oxygen atoms in total. The maximum Gasteiger partial charge on any atom is 0.330 e. The zero-order valence-electron chi connectivity index (χ0n) is 11.9. The van der Waals surface area contributed by atoms with Crippen molar-refractivity contribution in [2.45, 2.75) is 0 Å². The summed E-state index contributed by atoms with van der Waals surface area (Å²) in [5, 5.41) is 0. The highest BCUT2D eigenvalue weighted by atomic mass is 19.1. The molecule has 0 unspecified atom stereocenters. The molecule has 0 N–H and O–H groups in total. The SMILES string of the molecule is O=C(/C=C/c1ccc(OCCF)c(OCCF)c1)OCCF. The molecule has 0 saturated heterocycles. The first kappa shape index (κ1) is 17.9. The minimum Gasteiger partial charge on any atom is -0.487 e. The molecule has 0 heterocycles. The molecule has 1 rings (SSSR count). The van der Waals surface area contributed by atoms with Gasteiger partial charge in [0.1, 0.15) is 39.8 Å². The van der Waals surface area contributed by atoms with Gasteiger partial charge in [-0.05, 0) is 23.8 Å². The number of esters is 1. The quantitative estimate of drug-likeness (QED) is 0.491. The molecule has 0 radical (unpaired) electrons. The molecule has 0 aliphatic heterocycles. The summed E-state index contributed by atoms with van der Waals surface area (Å²) in [6.45, 7) is -2.71. The van der Waals surface area contributed by atoms with E-state index in [1.165, 1.54) is 18.2 Å². The Hall–Kier alpha value is -2.18. The van der Waals surface area contributed by atoms with Crippen LogP contribution in [0.3, 0.4) is 0 Å². The van der Waals surface area contributed by atoms with E-state index >= 15 is 0 Å². The second-order valence-electron chi connectivity index (χ2n) is 3.97. The third kappa shape index (κ3) is 6.51. The number of ether oxygens (including phenoxy) is 3. The molecule has 22 heavy (non-hydrogen) atoms. The largest absolute Gasteiger partial charge is 0.487 e. The zero-order valence-corrected chi connectivity index (χ0v) is 11.9. The van der Waals surface area contributed by atoms with Crippen LogP contribution in [0.4, 0.5) is 13.2 Å². The Bertz CT molecular complexity index is 492. The van der Waals surface area contributed by atoms with E-state index in [0.29, 0.717) is 5.56 Å². The molecule has 0 amide bonds. The molecule has 0 bridgehead atoms. The normalized spacial score (nSPS) is 10.7. The average Bonchev–Trinajstić information content (AvgIpc) is 2.54. The molecule has 0 aliphatic rings. The fourth-order valence-corrected chi connectivity index (χ4v) is 1.51. The van der Waals surface area contributed by atoms with Crippen molar-refractivity contribution in [3.63, 3.8) is 0 Å². The highest BCUT2D eigenvalue weighted by Crippen LogP contribution is 2.29. The molecule has 0 aliphatic carbocycles. The van der Waals surface area contributed by atoms with Crippen LogP contribution in [0.2, 0.25) is 0 Å². The first-order valence-electron chi connectivity index (χ1n) is 6.63. The second-order valence-corrected chi connectivity index (χ2v) is 3.97. The molecule has 0 aromatic heterocycles. The fourth-order valence-electron chi connectivity index (χ4n) is 1.51. The Labute approximate surface area is 126 Å². The smallest absolute Gasteiger partial charge is 0.330 e. The van der Waals surface area contributed by atoms with E-state index in [0.717, 1.165) is 6.08 Å². The van der Waals surface area contributed by atoms with Gasteiger partial charge in [-0.15, -0.1) is 0 Å². The van der Waals surface area contributed by atoms with Crippen molar-refractivity contribution in [1.29, 1.82) is 0 Å². The second kappa shape index (κ2) is 10.5. The van der Waals surface area contributed by atoms with Crippen LogP contribution in [0.15, 0.2) is 24.3 Å². The van der Waals surface area contributed by atoms with Crippen molar-refractivity contribution < 1.29 is 32.2 Å². The number of rotatable bonds is 10. The van der Waals surface area contributed by atoms with E-state index < -0.39 is 26.0 Å². The summed E-state index contributed by atoms with van der Waals surface area (Å²) >= 11 is 0. The van der Waals surface area contributed by atoms with Crippen LogP contribution < -0.4 is 9.47 Å². The third-order valence-corrected chi connectivity index (χ3v) is 2.37. The van der Waals surface area contributed by atoms with Crippen molar-refractivity contribution in [2.24, 2.45) is 0 Å². The van der Waals surface area contributed by atoms with Gasteiger partial charge in [0.2, 0.25) is 0 Å². The first-order chi connectivity index (χ1) is 10.7. The molecule has 0 fully saturated rings. The van der Waals surface area contributed by atoms with Crippen LogP contribution in [0, 0.1) is 0 Å². The van der Waals surface area contributed by atoms with Crippen LogP contribution >= 0.6 is 0 Å². The summed E-state index contributed by atoms with van der Waals surface area (Å²) in [4.78, 5) is 11.2. The Morgan fingerprint density at radius 2 is 1.59 bits per heavy atom. The van der Waals surface area contributed by atoms with Gasteiger partial charge in [0.15, 0.2) is 11.5 Å². The van der Waals surface area contributed by atoms with Crippen molar-refractivity contribution >= 4 is 12.0 Å². The minimum atomic E-state index is -0.749. The lowest BCUT2D eigenvalue weighted by Gasteiger charge is -2.11. The molecule has 1 aromatic rings. The van der Waals surface area contributed by atoms with Crippen molar-refractivity contribution in [1.82, 2.24) is 0 Å². The van der Waals surface area contributed by atoms with Gasteiger partial charge < -0.3 is 14.2 Å². The molecule has 122 valence electrons. The number of hydrogen-bond donors (Lipinski definition) is 0. The van der Waals surface area contributed by atoms with E-state index in [4.69, 9.17) is 9.47 Å². The topological polar surface area (TPSA) is 44.8 Å². The number of carbonyl (C=O) groups excluding carboxylic acids is 1. The van der Waals surface area contributed by atoms with Crippen LogP contribution in [-0.4, -0.2) is 45.8 Å². The number of carbonyl (C=O) groups is 1. The molecular formula is C15H17F3O4. The highest BCUT2D eigenvalue weighted by molar-refractivity contribution is 5.87. The summed E-state index contributed by atoms with van der Waals surface area (Å²) in [5.74, 6) is -0.157. The van der Waals surface area contributed by atoms with Gasteiger partial charge in [0.05, 0.1) is 0 Å². The minimum absolute atomic E-state index is 0.142. The Balaban J connectivity index is 2.78. The number of halogens is 3. The highest BCUT2D eigenvalue weighted by Gasteiger charge is 2.06. The van der Waals surface area contributed by atoms with Crippen LogP contribution in [0.1, 0.15) is 5.56 Å². The Morgan fingerprint density at radius 3 is 2.23 bits per heavy atom. The molecule has 0 saturated carbocycles. The van der Waals surface area contributed by atoms with E-state index in [9.17, 15) is 18.0 Å². The maximum atomic E-state index is 12.2. The van der Waals surface area contributed by atoms with Gasteiger partial charge in [0, 0.05) is 6.08 Å². The van der Waals surface area contributed by atoms with E-state index in [2.05, 4.69) is 4.74 Å². The molecule has 0 atom stereocenters. The van der Waals surface area contributed by atoms with Gasteiger partial charge >= 0.3 is 5.97 Å². The standard InChI is InChI=1S/C15H17F3O4/c16-5-8-20-13-3-1-12(11-14(13)21-9-6-17)2-4-15(19)22-10-7-18/h1-4,11H,5-10H2/b4-2+. The van der Waals surface area contributed by atoms with E-state index in [1.807, 2.05) is 0 Å². The van der Waals surface area contributed by atoms with Crippen LogP contribution in [-0.2, 0) is 9.53 Å². The van der Waals surface area contributed by atoms with Crippen LogP contribution in [0.5, 0.6) is 11.5 Å². The first-order valence-corrected chi connectivity index (χ1v) is 6.63. The Kier molecular flexibility index (Phi) is 8.56. The number of benzene rings is 1. The lowest BCUT2D eigenvalue weighted by atomic mass is 10.2. The predicted octanol–water partition coefficient (Wildman–Crippen LogP) is 2.91. The Morgan fingerprint density at radius 1 is 0.955 bits per heavy atom. The maximum absolute atomic E-state index is 12.2. The fraction of sp³-hybridized carbons (Fsp3) is 0.400. The molecule has 1 aromatic carbocycles. The molecular weight excluding hydrogens is 301 g/mol. The van der Waals surface area contributed by atoms with E-state index in [1.54, 1.807) is 6.07 Å². The van der Waals surface area contributed by atoms with Gasteiger partial charge in [-0.1, -0.05) is 6.07 Å². The van der Waals surface area contributed by atoms with Crippen LogP contribution in [0.25, 0.3) is 6.08 Å². The summed E-state index contributed by atoms with van der Waals surface area (Å²) in [7, 11) is 0. The van der Waals surface area contributed by atoms with Gasteiger partial charge in [0.25, 0.3) is 0 Å². The monoisotopic (exact) mass is 318 g/mol. The predicted molar refractivity (Wildman–Crippen MR) is 75.4 cm³/mol. The van der Waals surface area contributed by atoms with Gasteiger partial charge in [-0.3, -0.25) is 0 Å². The number of hydrogen-bond acceptors (Lipinski definition) is 4. The summed E-state index contributed by atoms with van der Waals surface area (Å²) in [6.07, 6.45) is 2.56. The zero-order chi connectivity index (χ0) is 16.2. The lowest BCUT2D eigenvalue weighted by molar-refractivity contribution is -0.138. The molecule has 7 heteroatoms. The van der Waals surface area contributed by atoms with Gasteiger partial charge in [-0.25, -0.2) is 18.0 Å². The van der Waals surface area contributed by atoms with Crippen molar-refractivity contribution in [2.75, 3.05) is 39.8 Å². The van der Waals surface area contributed by atoms with Gasteiger partial charge in [-0.2, -0.15) is 0 Å².